The molecule has 6 heteroatoms. The van der Waals surface area contributed by atoms with Gasteiger partial charge in [-0.1, -0.05) is 11.6 Å². The van der Waals surface area contributed by atoms with E-state index in [-0.39, 0.29) is 12.4 Å². The van der Waals surface area contributed by atoms with Gasteiger partial charge >= 0.3 is 0 Å². The predicted octanol–water partition coefficient (Wildman–Crippen LogP) is 3.66. The number of methoxy groups -OCH3 is 2. The lowest BCUT2D eigenvalue weighted by molar-refractivity contribution is 0.277. The highest BCUT2D eigenvalue weighted by Gasteiger charge is 2.11. The number of rotatable bonds is 5. The van der Waals surface area contributed by atoms with E-state index in [0.29, 0.717) is 33.5 Å². The SMILES string of the molecule is COc1ccc(F)cc1COc1cc(N)c(Cl)cc1OC. The van der Waals surface area contributed by atoms with Crippen LogP contribution in [0.1, 0.15) is 5.56 Å². The van der Waals surface area contributed by atoms with Crippen LogP contribution in [0, 0.1) is 5.82 Å². The first-order valence-electron chi connectivity index (χ1n) is 6.13. The molecule has 0 saturated heterocycles. The first kappa shape index (κ1) is 15.3. The Hall–Kier alpha value is -2.14. The molecule has 2 rings (SSSR count). The molecule has 0 bridgehead atoms. The van der Waals surface area contributed by atoms with Crippen LogP contribution in [0.4, 0.5) is 10.1 Å². The minimum atomic E-state index is -0.364. The van der Waals surface area contributed by atoms with Gasteiger partial charge in [-0.25, -0.2) is 4.39 Å². The van der Waals surface area contributed by atoms with Crippen molar-refractivity contribution >= 4 is 17.3 Å². The average Bonchev–Trinajstić information content (AvgIpc) is 2.48. The third-order valence-corrected chi connectivity index (χ3v) is 3.24. The number of hydrogen-bond acceptors (Lipinski definition) is 4. The summed E-state index contributed by atoms with van der Waals surface area (Å²) in [6.45, 7) is 0.109. The molecule has 0 aliphatic rings. The molecule has 2 aromatic rings. The van der Waals surface area contributed by atoms with Crippen LogP contribution >= 0.6 is 11.6 Å². The first-order valence-corrected chi connectivity index (χ1v) is 6.51. The number of ether oxygens (including phenoxy) is 3. The van der Waals surface area contributed by atoms with Crippen LogP contribution in [0.15, 0.2) is 30.3 Å². The molecule has 2 N–H and O–H groups in total. The number of anilines is 1. The standard InChI is InChI=1S/C15H15ClFNO3/c1-19-13-4-3-10(17)5-9(13)8-21-15-7-12(18)11(16)6-14(15)20-2/h3-7H,8,18H2,1-2H3. The minimum Gasteiger partial charge on any atom is -0.496 e. The second kappa shape index (κ2) is 6.54. The topological polar surface area (TPSA) is 53.7 Å². The Labute approximate surface area is 127 Å². The fourth-order valence-corrected chi connectivity index (χ4v) is 1.99. The highest BCUT2D eigenvalue weighted by atomic mass is 35.5. The summed E-state index contributed by atoms with van der Waals surface area (Å²) in [5.41, 5.74) is 6.69. The lowest BCUT2D eigenvalue weighted by Crippen LogP contribution is -2.01. The molecule has 112 valence electrons. The van der Waals surface area contributed by atoms with E-state index in [2.05, 4.69) is 0 Å². The zero-order chi connectivity index (χ0) is 15.4. The van der Waals surface area contributed by atoms with E-state index in [4.69, 9.17) is 31.5 Å². The summed E-state index contributed by atoms with van der Waals surface area (Å²) >= 11 is 5.92. The van der Waals surface area contributed by atoms with Crippen molar-refractivity contribution in [3.63, 3.8) is 0 Å². The monoisotopic (exact) mass is 311 g/mol. The van der Waals surface area contributed by atoms with Gasteiger partial charge in [-0.15, -0.1) is 0 Å². The van der Waals surface area contributed by atoms with Crippen molar-refractivity contribution in [3.8, 4) is 17.2 Å². The third-order valence-electron chi connectivity index (χ3n) is 2.91. The van der Waals surface area contributed by atoms with Gasteiger partial charge in [0, 0.05) is 17.7 Å². The Morgan fingerprint density at radius 2 is 1.76 bits per heavy atom. The molecule has 0 saturated carbocycles. The molecule has 0 aliphatic heterocycles. The van der Waals surface area contributed by atoms with Gasteiger partial charge in [0.05, 0.1) is 24.9 Å². The van der Waals surface area contributed by atoms with Crippen LogP contribution in [0.2, 0.25) is 5.02 Å². The summed E-state index contributed by atoms with van der Waals surface area (Å²) in [4.78, 5) is 0. The molecular weight excluding hydrogens is 297 g/mol. The van der Waals surface area contributed by atoms with E-state index in [9.17, 15) is 4.39 Å². The van der Waals surface area contributed by atoms with Crippen molar-refractivity contribution in [2.45, 2.75) is 6.61 Å². The van der Waals surface area contributed by atoms with Crippen LogP contribution in [-0.2, 0) is 6.61 Å². The summed E-state index contributed by atoms with van der Waals surface area (Å²) in [5.74, 6) is 1.05. The Morgan fingerprint density at radius 1 is 1.05 bits per heavy atom. The summed E-state index contributed by atoms with van der Waals surface area (Å²) in [7, 11) is 3.01. The van der Waals surface area contributed by atoms with Crippen molar-refractivity contribution in [2.24, 2.45) is 0 Å². The van der Waals surface area contributed by atoms with Gasteiger partial charge in [-0.3, -0.25) is 0 Å². The molecule has 0 spiro atoms. The molecule has 0 heterocycles. The molecule has 4 nitrogen and oxygen atoms in total. The van der Waals surface area contributed by atoms with Crippen LogP contribution in [0.25, 0.3) is 0 Å². The molecule has 0 unspecified atom stereocenters. The number of hydrogen-bond donors (Lipinski definition) is 1. The molecule has 2 aromatic carbocycles. The Bertz CT molecular complexity index is 649. The Balaban J connectivity index is 2.24. The number of nitrogen functional groups attached to an aromatic ring is 1. The largest absolute Gasteiger partial charge is 0.496 e. The zero-order valence-electron chi connectivity index (χ0n) is 11.7. The first-order chi connectivity index (χ1) is 10.0. The summed E-state index contributed by atoms with van der Waals surface area (Å²) < 4.78 is 29.3. The minimum absolute atomic E-state index is 0.109. The van der Waals surface area contributed by atoms with Crippen molar-refractivity contribution in [1.82, 2.24) is 0 Å². The van der Waals surface area contributed by atoms with Gasteiger partial charge < -0.3 is 19.9 Å². The zero-order valence-corrected chi connectivity index (χ0v) is 12.4. The van der Waals surface area contributed by atoms with E-state index in [1.807, 2.05) is 0 Å². The van der Waals surface area contributed by atoms with E-state index < -0.39 is 0 Å². The smallest absolute Gasteiger partial charge is 0.163 e. The lowest BCUT2D eigenvalue weighted by atomic mass is 10.2. The van der Waals surface area contributed by atoms with Gasteiger partial charge in [0.25, 0.3) is 0 Å². The van der Waals surface area contributed by atoms with Crippen molar-refractivity contribution in [3.05, 3.63) is 46.7 Å². The van der Waals surface area contributed by atoms with Gasteiger partial charge in [0.1, 0.15) is 18.2 Å². The van der Waals surface area contributed by atoms with Gasteiger partial charge in [-0.2, -0.15) is 0 Å². The lowest BCUT2D eigenvalue weighted by Gasteiger charge is -2.14. The van der Waals surface area contributed by atoms with E-state index in [1.165, 1.54) is 26.4 Å². The average molecular weight is 312 g/mol. The predicted molar refractivity (Wildman–Crippen MR) is 79.7 cm³/mol. The van der Waals surface area contributed by atoms with Crippen molar-refractivity contribution in [2.75, 3.05) is 20.0 Å². The molecule has 0 fully saturated rings. The van der Waals surface area contributed by atoms with Gasteiger partial charge in [-0.05, 0) is 18.2 Å². The molecule has 0 aliphatic carbocycles. The third kappa shape index (κ3) is 3.49. The summed E-state index contributed by atoms with van der Waals surface area (Å²) in [6, 6.07) is 7.34. The Morgan fingerprint density at radius 3 is 2.43 bits per heavy atom. The van der Waals surface area contributed by atoms with E-state index in [0.717, 1.165) is 0 Å². The maximum Gasteiger partial charge on any atom is 0.163 e. The Kier molecular flexibility index (Phi) is 4.75. The van der Waals surface area contributed by atoms with Crippen molar-refractivity contribution < 1.29 is 18.6 Å². The normalized spacial score (nSPS) is 10.3. The maximum atomic E-state index is 13.3. The van der Waals surface area contributed by atoms with Crippen LogP contribution in [-0.4, -0.2) is 14.2 Å². The number of halogens is 2. The number of benzene rings is 2. The number of nitrogens with two attached hydrogens (primary N) is 1. The van der Waals surface area contributed by atoms with Crippen LogP contribution in [0.5, 0.6) is 17.2 Å². The molecule has 21 heavy (non-hydrogen) atoms. The van der Waals surface area contributed by atoms with Crippen LogP contribution < -0.4 is 19.9 Å². The van der Waals surface area contributed by atoms with E-state index >= 15 is 0 Å². The highest BCUT2D eigenvalue weighted by molar-refractivity contribution is 6.33. The maximum absolute atomic E-state index is 13.3. The van der Waals surface area contributed by atoms with Gasteiger partial charge in [0.15, 0.2) is 11.5 Å². The van der Waals surface area contributed by atoms with Gasteiger partial charge in [0.2, 0.25) is 0 Å². The van der Waals surface area contributed by atoms with Crippen LogP contribution in [0.3, 0.4) is 0 Å². The molecular formula is C15H15ClFNO3. The van der Waals surface area contributed by atoms with Crippen molar-refractivity contribution in [1.29, 1.82) is 0 Å². The van der Waals surface area contributed by atoms with E-state index in [1.54, 1.807) is 18.2 Å². The summed E-state index contributed by atoms with van der Waals surface area (Å²) in [6.07, 6.45) is 0. The second-order valence-corrected chi connectivity index (χ2v) is 4.68. The summed E-state index contributed by atoms with van der Waals surface area (Å²) in [5, 5.41) is 0.377. The second-order valence-electron chi connectivity index (χ2n) is 4.27. The quantitative estimate of drug-likeness (QED) is 0.856. The highest BCUT2D eigenvalue weighted by Crippen LogP contribution is 2.35. The molecule has 0 radical (unpaired) electrons. The molecule has 0 amide bonds. The fourth-order valence-electron chi connectivity index (χ4n) is 1.84. The molecule has 0 atom stereocenters. The fraction of sp³-hybridized carbons (Fsp3) is 0.200. The molecule has 0 aromatic heterocycles.